The van der Waals surface area contributed by atoms with Gasteiger partial charge in [0.1, 0.15) is 5.60 Å². The Bertz CT molecular complexity index is 246. The highest BCUT2D eigenvalue weighted by Gasteiger charge is 2.21. The molecular formula is C11H20N2O2. The summed E-state index contributed by atoms with van der Waals surface area (Å²) < 4.78 is 5.17. The highest BCUT2D eigenvalue weighted by atomic mass is 16.6. The lowest BCUT2D eigenvalue weighted by atomic mass is 10.1. The van der Waals surface area contributed by atoms with E-state index in [-0.39, 0.29) is 12.1 Å². The van der Waals surface area contributed by atoms with Gasteiger partial charge in [-0.15, -0.1) is 0 Å². The van der Waals surface area contributed by atoms with Gasteiger partial charge in [0.05, 0.1) is 0 Å². The van der Waals surface area contributed by atoms with E-state index in [0.29, 0.717) is 0 Å². The summed E-state index contributed by atoms with van der Waals surface area (Å²) in [5.41, 5.74) is 0.604. The lowest BCUT2D eigenvalue weighted by Gasteiger charge is -2.27. The fourth-order valence-electron chi connectivity index (χ4n) is 1.40. The van der Waals surface area contributed by atoms with Gasteiger partial charge in [0.15, 0.2) is 0 Å². The van der Waals surface area contributed by atoms with Gasteiger partial charge < -0.3 is 15.4 Å². The number of hydrogen-bond acceptors (Lipinski definition) is 3. The van der Waals surface area contributed by atoms with Gasteiger partial charge in [-0.3, -0.25) is 0 Å². The number of amides is 1. The smallest absolute Gasteiger partial charge is 0.407 e. The summed E-state index contributed by atoms with van der Waals surface area (Å²) >= 11 is 0. The first kappa shape index (κ1) is 11.9. The molecule has 2 N–H and O–H groups in total. The van der Waals surface area contributed by atoms with Crippen LogP contribution in [0.25, 0.3) is 0 Å². The van der Waals surface area contributed by atoms with Crippen molar-refractivity contribution in [3.63, 3.8) is 0 Å². The Kier molecular flexibility index (Phi) is 3.61. The largest absolute Gasteiger partial charge is 0.444 e. The third-order valence-electron chi connectivity index (χ3n) is 2.11. The molecule has 0 aromatic heterocycles. The fourth-order valence-corrected chi connectivity index (χ4v) is 1.40. The van der Waals surface area contributed by atoms with Crippen LogP contribution in [-0.4, -0.2) is 24.3 Å². The maximum atomic E-state index is 11.4. The predicted molar refractivity (Wildman–Crippen MR) is 59.5 cm³/mol. The van der Waals surface area contributed by atoms with Gasteiger partial charge >= 0.3 is 6.09 Å². The molecule has 0 aromatic carbocycles. The van der Waals surface area contributed by atoms with Crippen LogP contribution in [0.1, 0.15) is 33.6 Å². The zero-order valence-electron chi connectivity index (χ0n) is 9.72. The van der Waals surface area contributed by atoms with Crippen molar-refractivity contribution < 1.29 is 9.53 Å². The minimum Gasteiger partial charge on any atom is -0.444 e. The van der Waals surface area contributed by atoms with Crippen LogP contribution in [0.4, 0.5) is 4.79 Å². The molecule has 1 saturated heterocycles. The normalized spacial score (nSPS) is 21.8. The number of ether oxygens (including phenoxy) is 1. The Morgan fingerprint density at radius 1 is 1.60 bits per heavy atom. The number of piperidine rings is 1. The van der Waals surface area contributed by atoms with Crippen molar-refractivity contribution >= 4 is 6.09 Å². The number of rotatable bonds is 1. The van der Waals surface area contributed by atoms with Gasteiger partial charge in [0.25, 0.3) is 0 Å². The van der Waals surface area contributed by atoms with Gasteiger partial charge in [-0.2, -0.15) is 0 Å². The predicted octanol–water partition coefficient (Wildman–Crippen LogP) is 1.78. The summed E-state index contributed by atoms with van der Waals surface area (Å²) in [4.78, 5) is 11.4. The molecule has 1 atom stereocenters. The Morgan fingerprint density at radius 3 is 2.73 bits per heavy atom. The monoisotopic (exact) mass is 212 g/mol. The molecule has 1 amide bonds. The zero-order valence-corrected chi connectivity index (χ0v) is 9.72. The molecule has 0 saturated carbocycles. The Balaban J connectivity index is 2.29. The molecule has 4 nitrogen and oxygen atoms in total. The maximum Gasteiger partial charge on any atom is 0.407 e. The van der Waals surface area contributed by atoms with Crippen molar-refractivity contribution in [2.75, 3.05) is 6.54 Å². The molecule has 0 aliphatic carbocycles. The van der Waals surface area contributed by atoms with E-state index in [1.165, 1.54) is 0 Å². The molecule has 1 aliphatic heterocycles. The number of allylic oxidation sites excluding steroid dienone is 1. The van der Waals surface area contributed by atoms with Crippen LogP contribution >= 0.6 is 0 Å². The SMILES string of the molecule is C=C1CCC(NC(=O)OC(C)(C)C)CN1. The van der Waals surface area contributed by atoms with E-state index >= 15 is 0 Å². The second-order valence-corrected chi connectivity index (χ2v) is 4.87. The number of alkyl carbamates (subject to hydrolysis) is 1. The average molecular weight is 212 g/mol. The van der Waals surface area contributed by atoms with Crippen LogP contribution in [0.3, 0.4) is 0 Å². The first-order valence-corrected chi connectivity index (χ1v) is 5.28. The maximum absolute atomic E-state index is 11.4. The van der Waals surface area contributed by atoms with Crippen molar-refractivity contribution in [2.45, 2.75) is 45.3 Å². The van der Waals surface area contributed by atoms with Gasteiger partial charge in [-0.25, -0.2) is 4.79 Å². The Hall–Kier alpha value is -1.19. The molecule has 0 aromatic rings. The average Bonchev–Trinajstić information content (AvgIpc) is 2.05. The molecule has 0 radical (unpaired) electrons. The molecule has 0 spiro atoms. The molecule has 86 valence electrons. The topological polar surface area (TPSA) is 50.4 Å². The first-order chi connectivity index (χ1) is 6.87. The van der Waals surface area contributed by atoms with E-state index in [9.17, 15) is 4.79 Å². The van der Waals surface area contributed by atoms with Crippen LogP contribution in [-0.2, 0) is 4.74 Å². The third kappa shape index (κ3) is 4.72. The second kappa shape index (κ2) is 4.55. The standard InChI is InChI=1S/C11H20N2O2/c1-8-5-6-9(7-12-8)13-10(14)15-11(2,3)4/h9,12H,1,5-7H2,2-4H3,(H,13,14). The highest BCUT2D eigenvalue weighted by molar-refractivity contribution is 5.68. The van der Waals surface area contributed by atoms with Crippen molar-refractivity contribution in [1.29, 1.82) is 0 Å². The molecule has 15 heavy (non-hydrogen) atoms. The van der Waals surface area contributed by atoms with Gasteiger partial charge in [0, 0.05) is 18.3 Å². The summed E-state index contributed by atoms with van der Waals surface area (Å²) in [6.07, 6.45) is 1.48. The van der Waals surface area contributed by atoms with Gasteiger partial charge in [-0.05, 0) is 33.6 Å². The number of carbonyl (C=O) groups excluding carboxylic acids is 1. The fraction of sp³-hybridized carbons (Fsp3) is 0.727. The lowest BCUT2D eigenvalue weighted by Crippen LogP contribution is -2.46. The van der Waals surface area contributed by atoms with Crippen LogP contribution < -0.4 is 10.6 Å². The number of nitrogens with one attached hydrogen (secondary N) is 2. The molecule has 4 heteroatoms. The summed E-state index contributed by atoms with van der Waals surface area (Å²) in [6, 6.07) is 0.144. The Morgan fingerprint density at radius 2 is 2.27 bits per heavy atom. The number of hydrogen-bond donors (Lipinski definition) is 2. The summed E-state index contributed by atoms with van der Waals surface area (Å²) in [6.45, 7) is 10.1. The molecule has 1 rings (SSSR count). The first-order valence-electron chi connectivity index (χ1n) is 5.28. The van der Waals surface area contributed by atoms with Gasteiger partial charge in [-0.1, -0.05) is 6.58 Å². The van der Waals surface area contributed by atoms with Crippen LogP contribution in [0.2, 0.25) is 0 Å². The van der Waals surface area contributed by atoms with Crippen LogP contribution in [0.15, 0.2) is 12.3 Å². The highest BCUT2D eigenvalue weighted by Crippen LogP contribution is 2.11. The van der Waals surface area contributed by atoms with Crippen molar-refractivity contribution in [1.82, 2.24) is 10.6 Å². The quantitative estimate of drug-likeness (QED) is 0.696. The van der Waals surface area contributed by atoms with E-state index in [4.69, 9.17) is 4.74 Å². The summed E-state index contributed by atoms with van der Waals surface area (Å²) in [7, 11) is 0. The molecule has 1 aliphatic rings. The van der Waals surface area contributed by atoms with E-state index < -0.39 is 5.60 Å². The van der Waals surface area contributed by atoms with Crippen LogP contribution in [0.5, 0.6) is 0 Å². The summed E-state index contributed by atoms with van der Waals surface area (Å²) in [5.74, 6) is 0. The van der Waals surface area contributed by atoms with E-state index in [0.717, 1.165) is 25.1 Å². The minimum atomic E-state index is -0.435. The minimum absolute atomic E-state index is 0.144. The van der Waals surface area contributed by atoms with Crippen molar-refractivity contribution in [3.8, 4) is 0 Å². The number of carbonyl (C=O) groups is 1. The van der Waals surface area contributed by atoms with E-state index in [1.54, 1.807) is 0 Å². The molecular weight excluding hydrogens is 192 g/mol. The lowest BCUT2D eigenvalue weighted by molar-refractivity contribution is 0.0499. The van der Waals surface area contributed by atoms with Crippen LogP contribution in [0, 0.1) is 0 Å². The molecule has 1 fully saturated rings. The van der Waals surface area contributed by atoms with Gasteiger partial charge in [0.2, 0.25) is 0 Å². The third-order valence-corrected chi connectivity index (χ3v) is 2.11. The zero-order chi connectivity index (χ0) is 11.5. The molecule has 0 bridgehead atoms. The second-order valence-electron chi connectivity index (χ2n) is 4.87. The van der Waals surface area contributed by atoms with Crippen molar-refractivity contribution in [3.05, 3.63) is 12.3 Å². The van der Waals surface area contributed by atoms with Crippen molar-refractivity contribution in [2.24, 2.45) is 0 Å². The molecule has 1 unspecified atom stereocenters. The Labute approximate surface area is 91.1 Å². The van der Waals surface area contributed by atoms with E-state index in [1.807, 2.05) is 20.8 Å². The van der Waals surface area contributed by atoms with E-state index in [2.05, 4.69) is 17.2 Å². The molecule has 1 heterocycles. The summed E-state index contributed by atoms with van der Waals surface area (Å²) in [5, 5.41) is 5.97.